The highest BCUT2D eigenvalue weighted by Gasteiger charge is 2.18. The zero-order valence-electron chi connectivity index (χ0n) is 19.0. The number of likely N-dealkylation sites (tertiary alicyclic amines) is 1. The van der Waals surface area contributed by atoms with Crippen LogP contribution in [0.1, 0.15) is 60.2 Å². The number of carbonyl (C=O) groups excluding carboxylic acids is 2. The number of benzene rings is 2. The molecule has 1 aliphatic heterocycles. The summed E-state index contributed by atoms with van der Waals surface area (Å²) in [5, 5.41) is 5.85. The Morgan fingerprint density at radius 2 is 1.79 bits per heavy atom. The molecule has 1 saturated heterocycles. The Morgan fingerprint density at radius 1 is 1.06 bits per heavy atom. The molecular weight excluding hydrogens is 502 g/mol. The first kappa shape index (κ1) is 25.2. The highest BCUT2D eigenvalue weighted by molar-refractivity contribution is 9.10. The summed E-state index contributed by atoms with van der Waals surface area (Å²) in [6.45, 7) is 6.33. The molecule has 0 atom stereocenters. The summed E-state index contributed by atoms with van der Waals surface area (Å²) < 4.78 is 6.43. The van der Waals surface area contributed by atoms with Crippen LogP contribution in [0.2, 0.25) is 0 Å². The average Bonchev–Trinajstić information content (AvgIpc) is 3.07. The van der Waals surface area contributed by atoms with Crippen LogP contribution in [0.3, 0.4) is 0 Å². The second-order valence-corrected chi connectivity index (χ2v) is 9.81. The third-order valence-electron chi connectivity index (χ3n) is 5.25. The van der Waals surface area contributed by atoms with Crippen molar-refractivity contribution < 1.29 is 14.3 Å². The van der Waals surface area contributed by atoms with Crippen molar-refractivity contribution >= 4 is 50.8 Å². The van der Waals surface area contributed by atoms with Crippen molar-refractivity contribution in [2.45, 2.75) is 39.5 Å². The Labute approximate surface area is 209 Å². The van der Waals surface area contributed by atoms with E-state index in [0.29, 0.717) is 39.6 Å². The molecule has 0 aliphatic carbocycles. The second-order valence-electron chi connectivity index (χ2n) is 8.55. The van der Waals surface area contributed by atoms with E-state index in [9.17, 15) is 9.59 Å². The van der Waals surface area contributed by atoms with Gasteiger partial charge >= 0.3 is 0 Å². The second kappa shape index (κ2) is 12.1. The molecule has 2 N–H and O–H groups in total. The fourth-order valence-corrected chi connectivity index (χ4v) is 4.24. The molecule has 3 rings (SSSR count). The third kappa shape index (κ3) is 7.54. The Kier molecular flexibility index (Phi) is 9.26. The van der Waals surface area contributed by atoms with Gasteiger partial charge in [-0.05, 0) is 83.3 Å². The van der Waals surface area contributed by atoms with Gasteiger partial charge in [0.2, 0.25) is 0 Å². The van der Waals surface area contributed by atoms with Crippen molar-refractivity contribution in [3.63, 3.8) is 0 Å². The summed E-state index contributed by atoms with van der Waals surface area (Å²) >= 11 is 8.77. The van der Waals surface area contributed by atoms with Crippen LogP contribution in [-0.2, 0) is 0 Å². The van der Waals surface area contributed by atoms with Gasteiger partial charge in [-0.25, -0.2) is 0 Å². The minimum atomic E-state index is -0.333. The van der Waals surface area contributed by atoms with Crippen LogP contribution in [-0.4, -0.2) is 41.5 Å². The van der Waals surface area contributed by atoms with Crippen molar-refractivity contribution in [3.8, 4) is 5.75 Å². The normalized spacial score (nSPS) is 13.9. The van der Waals surface area contributed by atoms with Gasteiger partial charge in [-0.2, -0.15) is 0 Å². The first-order valence-corrected chi connectivity index (χ1v) is 12.5. The highest BCUT2D eigenvalue weighted by atomic mass is 79.9. The van der Waals surface area contributed by atoms with Gasteiger partial charge in [0.1, 0.15) is 5.75 Å². The first-order chi connectivity index (χ1) is 15.8. The number of rotatable bonds is 6. The van der Waals surface area contributed by atoms with Crippen LogP contribution in [0.4, 0.5) is 5.69 Å². The van der Waals surface area contributed by atoms with E-state index in [1.807, 2.05) is 17.0 Å². The molecule has 1 fully saturated rings. The maximum Gasteiger partial charge on any atom is 0.257 e. The van der Waals surface area contributed by atoms with Crippen molar-refractivity contribution in [2.75, 3.05) is 25.0 Å². The van der Waals surface area contributed by atoms with Crippen LogP contribution in [0, 0.1) is 5.92 Å². The predicted octanol–water partition coefficient (Wildman–Crippen LogP) is 5.63. The van der Waals surface area contributed by atoms with E-state index in [2.05, 4.69) is 40.4 Å². The number of anilines is 1. The Balaban J connectivity index is 1.59. The number of nitrogens with zero attached hydrogens (tertiary/aromatic N) is 1. The van der Waals surface area contributed by atoms with Crippen molar-refractivity contribution in [1.29, 1.82) is 0 Å². The number of hydrogen-bond acceptors (Lipinski definition) is 4. The van der Waals surface area contributed by atoms with Gasteiger partial charge in [-0.3, -0.25) is 14.9 Å². The van der Waals surface area contributed by atoms with E-state index < -0.39 is 0 Å². The number of carbonyl (C=O) groups is 2. The molecule has 2 aromatic rings. The summed E-state index contributed by atoms with van der Waals surface area (Å²) in [6, 6.07) is 12.4. The number of ether oxygens (including phenoxy) is 1. The monoisotopic (exact) mass is 531 g/mol. The third-order valence-corrected chi connectivity index (χ3v) is 6.08. The van der Waals surface area contributed by atoms with E-state index in [-0.39, 0.29) is 16.9 Å². The minimum absolute atomic E-state index is 0.0279. The Morgan fingerprint density at radius 3 is 2.45 bits per heavy atom. The molecule has 176 valence electrons. The summed E-state index contributed by atoms with van der Waals surface area (Å²) in [5.41, 5.74) is 1.71. The van der Waals surface area contributed by atoms with E-state index in [0.717, 1.165) is 25.9 Å². The van der Waals surface area contributed by atoms with E-state index in [1.165, 1.54) is 12.8 Å². The predicted molar refractivity (Wildman–Crippen MR) is 139 cm³/mol. The molecule has 0 saturated carbocycles. The number of amides is 2. The molecule has 0 spiro atoms. The van der Waals surface area contributed by atoms with E-state index >= 15 is 0 Å². The smallest absolute Gasteiger partial charge is 0.257 e. The molecule has 0 aromatic heterocycles. The van der Waals surface area contributed by atoms with Gasteiger partial charge in [-0.15, -0.1) is 0 Å². The van der Waals surface area contributed by atoms with E-state index in [4.69, 9.17) is 17.0 Å². The first-order valence-electron chi connectivity index (χ1n) is 11.3. The number of hydrogen-bond donors (Lipinski definition) is 2. The van der Waals surface area contributed by atoms with Gasteiger partial charge in [-0.1, -0.05) is 32.8 Å². The summed E-state index contributed by atoms with van der Waals surface area (Å²) in [5.74, 6) is 0.786. The summed E-state index contributed by atoms with van der Waals surface area (Å²) in [4.78, 5) is 27.4. The molecule has 1 heterocycles. The molecule has 0 radical (unpaired) electrons. The molecule has 8 heteroatoms. The lowest BCUT2D eigenvalue weighted by molar-refractivity contribution is 0.0761. The lowest BCUT2D eigenvalue weighted by Crippen LogP contribution is -2.34. The van der Waals surface area contributed by atoms with Crippen LogP contribution < -0.4 is 15.4 Å². The largest absolute Gasteiger partial charge is 0.492 e. The fourth-order valence-electron chi connectivity index (χ4n) is 3.54. The number of thiocarbonyl (C=S) groups is 1. The van der Waals surface area contributed by atoms with Gasteiger partial charge in [0, 0.05) is 29.9 Å². The van der Waals surface area contributed by atoms with Crippen LogP contribution in [0.5, 0.6) is 5.75 Å². The standard InChI is InChI=1S/C25H30BrN3O3S/c1-17(2)16-32-22-11-10-18(15-21(22)26)23(30)28-25(33)27-20-9-7-8-19(14-20)24(31)29-12-5-3-4-6-13-29/h7-11,14-15,17H,3-6,12-13,16H2,1-2H3,(H2,27,28,30,33). The topological polar surface area (TPSA) is 70.7 Å². The van der Waals surface area contributed by atoms with Gasteiger partial charge in [0.05, 0.1) is 11.1 Å². The lowest BCUT2D eigenvalue weighted by Gasteiger charge is -2.20. The summed E-state index contributed by atoms with van der Waals surface area (Å²) in [7, 11) is 0. The quantitative estimate of drug-likeness (QED) is 0.473. The molecule has 2 amide bonds. The molecule has 1 aliphatic rings. The number of halogens is 1. The molecular formula is C25H30BrN3O3S. The SMILES string of the molecule is CC(C)COc1ccc(C(=O)NC(=S)Nc2cccc(C(=O)N3CCCCCC3)c2)cc1Br. The van der Waals surface area contributed by atoms with E-state index in [1.54, 1.807) is 30.3 Å². The van der Waals surface area contributed by atoms with Crippen LogP contribution in [0.25, 0.3) is 0 Å². The fraction of sp³-hybridized carbons (Fsp3) is 0.400. The Bertz CT molecular complexity index is 1000. The Hall–Kier alpha value is -2.45. The van der Waals surface area contributed by atoms with Crippen molar-refractivity contribution in [2.24, 2.45) is 5.92 Å². The van der Waals surface area contributed by atoms with Crippen LogP contribution >= 0.6 is 28.1 Å². The highest BCUT2D eigenvalue weighted by Crippen LogP contribution is 2.26. The average molecular weight is 533 g/mol. The maximum atomic E-state index is 12.9. The summed E-state index contributed by atoms with van der Waals surface area (Å²) in [6.07, 6.45) is 4.43. The van der Waals surface area contributed by atoms with Crippen LogP contribution in [0.15, 0.2) is 46.9 Å². The van der Waals surface area contributed by atoms with Gasteiger partial charge in [0.15, 0.2) is 5.11 Å². The molecule has 6 nitrogen and oxygen atoms in total. The minimum Gasteiger partial charge on any atom is -0.492 e. The zero-order valence-corrected chi connectivity index (χ0v) is 21.4. The maximum absolute atomic E-state index is 12.9. The number of nitrogens with one attached hydrogen (secondary N) is 2. The molecule has 0 bridgehead atoms. The van der Waals surface area contributed by atoms with Crippen molar-refractivity contribution in [1.82, 2.24) is 10.2 Å². The molecule has 33 heavy (non-hydrogen) atoms. The molecule has 0 unspecified atom stereocenters. The molecule has 2 aromatic carbocycles. The zero-order chi connectivity index (χ0) is 23.8. The lowest BCUT2D eigenvalue weighted by atomic mass is 10.1. The van der Waals surface area contributed by atoms with Gasteiger partial charge < -0.3 is 15.0 Å². The van der Waals surface area contributed by atoms with Crippen molar-refractivity contribution in [3.05, 3.63) is 58.1 Å². The van der Waals surface area contributed by atoms with Gasteiger partial charge in [0.25, 0.3) is 11.8 Å².